The van der Waals surface area contributed by atoms with Gasteiger partial charge in [-0.3, -0.25) is 5.32 Å². The first-order valence-electron chi connectivity index (χ1n) is 10.1. The number of morpholine rings is 1. The molecular formula is C20H28N4O4S. The van der Waals surface area contributed by atoms with E-state index >= 15 is 0 Å². The highest BCUT2D eigenvalue weighted by atomic mass is 32.1. The third kappa shape index (κ3) is 4.26. The van der Waals surface area contributed by atoms with Gasteiger partial charge in [0.15, 0.2) is 5.13 Å². The molecule has 2 amide bonds. The number of amides is 2. The first-order chi connectivity index (χ1) is 14.1. The number of nitrogens with one attached hydrogen (secondary N) is 1. The summed E-state index contributed by atoms with van der Waals surface area (Å²) in [6, 6.07) is 3.96. The summed E-state index contributed by atoms with van der Waals surface area (Å²) in [5.74, 6) is 0.698. The second-order valence-corrected chi connectivity index (χ2v) is 8.59. The lowest BCUT2D eigenvalue weighted by molar-refractivity contribution is 0.0943. The van der Waals surface area contributed by atoms with E-state index in [1.54, 1.807) is 12.0 Å². The second kappa shape index (κ2) is 8.73. The number of ether oxygens (including phenoxy) is 2. The molecule has 2 aliphatic rings. The van der Waals surface area contributed by atoms with Crippen molar-refractivity contribution in [2.45, 2.75) is 37.8 Å². The average Bonchev–Trinajstić information content (AvgIpc) is 3.17. The zero-order valence-corrected chi connectivity index (χ0v) is 17.7. The zero-order chi connectivity index (χ0) is 20.4. The van der Waals surface area contributed by atoms with Gasteiger partial charge in [-0.1, -0.05) is 11.3 Å². The molecule has 9 heteroatoms. The molecule has 29 heavy (non-hydrogen) atoms. The van der Waals surface area contributed by atoms with E-state index in [0.717, 1.165) is 54.7 Å². The van der Waals surface area contributed by atoms with Crippen molar-refractivity contribution in [1.29, 1.82) is 0 Å². The molecule has 158 valence electrons. The maximum Gasteiger partial charge on any atom is 0.323 e. The minimum atomic E-state index is -0.238. The fourth-order valence-electron chi connectivity index (χ4n) is 4.03. The zero-order valence-electron chi connectivity index (χ0n) is 16.9. The highest BCUT2D eigenvalue weighted by molar-refractivity contribution is 7.23. The summed E-state index contributed by atoms with van der Waals surface area (Å²) in [5, 5.41) is 13.2. The Morgan fingerprint density at radius 1 is 1.31 bits per heavy atom. The number of aromatic nitrogens is 1. The smallest absolute Gasteiger partial charge is 0.323 e. The van der Waals surface area contributed by atoms with Crippen molar-refractivity contribution < 1.29 is 19.4 Å². The van der Waals surface area contributed by atoms with Crippen molar-refractivity contribution in [3.05, 3.63) is 12.1 Å². The number of thiazole rings is 1. The summed E-state index contributed by atoms with van der Waals surface area (Å²) < 4.78 is 12.0. The molecule has 8 nitrogen and oxygen atoms in total. The summed E-state index contributed by atoms with van der Waals surface area (Å²) in [6.07, 6.45) is 2.88. The molecule has 0 spiro atoms. The molecule has 1 aromatic heterocycles. The van der Waals surface area contributed by atoms with E-state index in [1.165, 1.54) is 11.3 Å². The number of anilines is 2. The molecule has 1 saturated heterocycles. The highest BCUT2D eigenvalue weighted by Crippen LogP contribution is 2.39. The number of hydrogen-bond donors (Lipinski definition) is 2. The second-order valence-electron chi connectivity index (χ2n) is 7.59. The molecular weight excluding hydrogens is 392 g/mol. The molecule has 1 saturated carbocycles. The highest BCUT2D eigenvalue weighted by Gasteiger charge is 2.26. The van der Waals surface area contributed by atoms with E-state index in [0.29, 0.717) is 24.1 Å². The van der Waals surface area contributed by atoms with E-state index in [9.17, 15) is 9.90 Å². The summed E-state index contributed by atoms with van der Waals surface area (Å²) >= 11 is 1.47. The number of carbonyl (C=O) groups is 1. The average molecular weight is 421 g/mol. The summed E-state index contributed by atoms with van der Waals surface area (Å²) in [5.41, 5.74) is 1.86. The molecule has 0 bridgehead atoms. The number of urea groups is 1. The van der Waals surface area contributed by atoms with Gasteiger partial charge in [-0.2, -0.15) is 0 Å². The minimum Gasteiger partial charge on any atom is -0.494 e. The summed E-state index contributed by atoms with van der Waals surface area (Å²) in [4.78, 5) is 21.4. The lowest BCUT2D eigenvalue weighted by Crippen LogP contribution is -2.42. The van der Waals surface area contributed by atoms with Crippen LogP contribution in [0, 0.1) is 0 Å². The fourth-order valence-corrected chi connectivity index (χ4v) is 5.05. The molecule has 1 aromatic carbocycles. The SMILES string of the molecule is COc1ccc(N2CCOCC2)c2sc(NC(=O)N(C)C3CCC(O)CC3)nc12. The van der Waals surface area contributed by atoms with Crippen molar-refractivity contribution >= 4 is 38.4 Å². The van der Waals surface area contributed by atoms with Crippen LogP contribution in [0.15, 0.2) is 12.1 Å². The van der Waals surface area contributed by atoms with E-state index < -0.39 is 0 Å². The minimum absolute atomic E-state index is 0.145. The van der Waals surface area contributed by atoms with Crippen LogP contribution in [0.3, 0.4) is 0 Å². The third-order valence-electron chi connectivity index (χ3n) is 5.81. The molecule has 2 fully saturated rings. The third-order valence-corrected chi connectivity index (χ3v) is 6.80. The Balaban J connectivity index is 1.55. The molecule has 1 aliphatic carbocycles. The maximum absolute atomic E-state index is 12.8. The number of hydrogen-bond acceptors (Lipinski definition) is 7. The number of methoxy groups -OCH3 is 1. The van der Waals surface area contributed by atoms with Gasteiger partial charge in [0.2, 0.25) is 0 Å². The first kappa shape index (κ1) is 20.2. The number of aliphatic hydroxyl groups is 1. The van der Waals surface area contributed by atoms with Crippen molar-refractivity contribution in [2.24, 2.45) is 0 Å². The van der Waals surface area contributed by atoms with Crippen LogP contribution in [0.2, 0.25) is 0 Å². The molecule has 0 atom stereocenters. The van der Waals surface area contributed by atoms with Crippen molar-refractivity contribution in [3.8, 4) is 5.75 Å². The van der Waals surface area contributed by atoms with Gasteiger partial charge < -0.3 is 24.4 Å². The molecule has 2 heterocycles. The van der Waals surface area contributed by atoms with Gasteiger partial charge in [0.05, 0.1) is 36.8 Å². The van der Waals surface area contributed by atoms with Crippen molar-refractivity contribution in [1.82, 2.24) is 9.88 Å². The maximum atomic E-state index is 12.8. The number of fused-ring (bicyclic) bond motifs is 1. The van der Waals surface area contributed by atoms with E-state index in [2.05, 4.69) is 21.3 Å². The van der Waals surface area contributed by atoms with Crippen molar-refractivity contribution in [2.75, 3.05) is 50.7 Å². The lowest BCUT2D eigenvalue weighted by atomic mass is 9.92. The van der Waals surface area contributed by atoms with Gasteiger partial charge in [-0.15, -0.1) is 0 Å². The topological polar surface area (TPSA) is 87.2 Å². The van der Waals surface area contributed by atoms with Crippen LogP contribution < -0.4 is 15.0 Å². The van der Waals surface area contributed by atoms with Crippen LogP contribution in [0.4, 0.5) is 15.6 Å². The van der Waals surface area contributed by atoms with Crippen molar-refractivity contribution in [3.63, 3.8) is 0 Å². The normalized spacial score (nSPS) is 22.5. The van der Waals surface area contributed by atoms with Crippen LogP contribution >= 0.6 is 11.3 Å². The van der Waals surface area contributed by atoms with Crippen LogP contribution in [-0.4, -0.2) is 73.6 Å². The molecule has 1 aliphatic heterocycles. The molecule has 2 N–H and O–H groups in total. The molecule has 0 radical (unpaired) electrons. The standard InChI is InChI=1S/C20H28N4O4S/c1-23(13-3-5-14(25)6-4-13)20(26)22-19-21-17-16(27-2)8-7-15(18(17)29-19)24-9-11-28-12-10-24/h7-8,13-14,25H,3-6,9-12H2,1-2H3,(H,21,22,26). The van der Waals surface area contributed by atoms with Gasteiger partial charge in [-0.05, 0) is 37.8 Å². The fraction of sp³-hybridized carbons (Fsp3) is 0.600. The Bertz CT molecular complexity index is 860. The Kier molecular flexibility index (Phi) is 6.07. The Morgan fingerprint density at radius 2 is 2.03 bits per heavy atom. The van der Waals surface area contributed by atoms with Gasteiger partial charge in [0.1, 0.15) is 11.3 Å². The Labute approximate surface area is 174 Å². The van der Waals surface area contributed by atoms with Crippen LogP contribution in [0.25, 0.3) is 10.2 Å². The largest absolute Gasteiger partial charge is 0.494 e. The van der Waals surface area contributed by atoms with E-state index in [1.807, 2.05) is 13.1 Å². The predicted octanol–water partition coefficient (Wildman–Crippen LogP) is 2.91. The van der Waals surface area contributed by atoms with Gasteiger partial charge in [0.25, 0.3) is 0 Å². The summed E-state index contributed by atoms with van der Waals surface area (Å²) in [6.45, 7) is 3.07. The predicted molar refractivity (Wildman–Crippen MR) is 114 cm³/mol. The summed E-state index contributed by atoms with van der Waals surface area (Å²) in [7, 11) is 3.44. The number of aliphatic hydroxyl groups excluding tert-OH is 1. The Hall–Kier alpha value is -2.10. The molecule has 0 unspecified atom stereocenters. The quantitative estimate of drug-likeness (QED) is 0.791. The van der Waals surface area contributed by atoms with Crippen LogP contribution in [-0.2, 0) is 4.74 Å². The van der Waals surface area contributed by atoms with E-state index in [4.69, 9.17) is 9.47 Å². The molecule has 4 rings (SSSR count). The number of nitrogens with zero attached hydrogens (tertiary/aromatic N) is 3. The van der Waals surface area contributed by atoms with E-state index in [-0.39, 0.29) is 18.2 Å². The monoisotopic (exact) mass is 420 g/mol. The Morgan fingerprint density at radius 3 is 2.72 bits per heavy atom. The van der Waals surface area contributed by atoms with Gasteiger partial charge in [0, 0.05) is 26.2 Å². The number of rotatable bonds is 4. The lowest BCUT2D eigenvalue weighted by Gasteiger charge is -2.32. The van der Waals surface area contributed by atoms with Crippen LogP contribution in [0.5, 0.6) is 5.75 Å². The first-order valence-corrected chi connectivity index (χ1v) is 10.9. The number of carbonyl (C=O) groups excluding carboxylic acids is 1. The van der Waals surface area contributed by atoms with Gasteiger partial charge >= 0.3 is 6.03 Å². The van der Waals surface area contributed by atoms with Crippen LogP contribution in [0.1, 0.15) is 25.7 Å². The molecule has 2 aromatic rings. The van der Waals surface area contributed by atoms with Gasteiger partial charge in [-0.25, -0.2) is 9.78 Å². The number of benzene rings is 1.